The van der Waals surface area contributed by atoms with Crippen molar-refractivity contribution in [1.82, 2.24) is 24.3 Å². The maximum absolute atomic E-state index is 13.3. The number of carbonyl (C=O) groups is 1. The zero-order valence-corrected chi connectivity index (χ0v) is 24.5. The molecule has 6 nitrogen and oxygen atoms in total. The van der Waals surface area contributed by atoms with E-state index in [-0.39, 0.29) is 11.3 Å². The second-order valence-electron chi connectivity index (χ2n) is 12.3. The fourth-order valence-corrected chi connectivity index (χ4v) is 8.29. The van der Waals surface area contributed by atoms with E-state index >= 15 is 0 Å². The zero-order chi connectivity index (χ0) is 28.0. The van der Waals surface area contributed by atoms with Crippen molar-refractivity contribution >= 4 is 28.5 Å². The van der Waals surface area contributed by atoms with Gasteiger partial charge in [-0.05, 0) is 93.7 Å². The molecule has 0 saturated carbocycles. The zero-order valence-electron chi connectivity index (χ0n) is 23.8. The quantitative estimate of drug-likeness (QED) is 0.240. The lowest BCUT2D eigenvalue weighted by Crippen LogP contribution is -2.49. The number of rotatable bonds is 6. The van der Waals surface area contributed by atoms with Gasteiger partial charge in [0.05, 0.1) is 11.0 Å². The number of fused-ring (bicyclic) bond motifs is 3. The highest BCUT2D eigenvalue weighted by molar-refractivity contribution is 6.29. The maximum atomic E-state index is 13.3. The van der Waals surface area contributed by atoms with Crippen molar-refractivity contribution in [3.8, 4) is 0 Å². The number of nitrogens with zero attached hydrogens (tertiary/aromatic N) is 5. The van der Waals surface area contributed by atoms with Gasteiger partial charge in [0.25, 0.3) is 5.91 Å². The number of hydrogen-bond donors (Lipinski definition) is 0. The predicted octanol–water partition coefficient (Wildman–Crippen LogP) is 6.83. The molecule has 41 heavy (non-hydrogen) atoms. The number of likely N-dealkylation sites (tertiary alicyclic amines) is 1. The van der Waals surface area contributed by atoms with Gasteiger partial charge in [0.15, 0.2) is 0 Å². The fourth-order valence-electron chi connectivity index (χ4n) is 8.12. The summed E-state index contributed by atoms with van der Waals surface area (Å²) in [5.74, 6) is 1.20. The lowest BCUT2D eigenvalue weighted by Gasteiger charge is -2.45. The summed E-state index contributed by atoms with van der Waals surface area (Å²) in [4.78, 5) is 27.0. The normalized spacial score (nSPS) is 24.1. The highest BCUT2D eigenvalue weighted by atomic mass is 35.5. The largest absolute Gasteiger partial charge is 0.339 e. The maximum Gasteiger partial charge on any atom is 0.254 e. The number of piperidine rings is 2. The number of pyridine rings is 1. The van der Waals surface area contributed by atoms with Crippen molar-refractivity contribution in [3.63, 3.8) is 0 Å². The molecule has 1 amide bonds. The van der Waals surface area contributed by atoms with Gasteiger partial charge >= 0.3 is 0 Å². The topological polar surface area (TPSA) is 54.3 Å². The van der Waals surface area contributed by atoms with Crippen LogP contribution in [0.2, 0.25) is 5.15 Å². The second kappa shape index (κ2) is 10.9. The molecule has 0 aliphatic carbocycles. The summed E-state index contributed by atoms with van der Waals surface area (Å²) in [6.45, 7) is 4.80. The SMILES string of the molecule is Cc1nc2ccccc2n1C1C[C@H]2CC[C@@H](C1)N2CCC1(c2ccccc2)CCN(C(=O)c2ccnc(Cl)c2)CC1. The molecule has 7 rings (SSSR count). The van der Waals surface area contributed by atoms with Crippen LogP contribution in [0.25, 0.3) is 11.0 Å². The molecular formula is C34H38ClN5O. The fraction of sp³-hybridized carbons (Fsp3) is 0.441. The third kappa shape index (κ3) is 4.95. The van der Waals surface area contributed by atoms with Crippen LogP contribution in [0.4, 0.5) is 0 Å². The molecule has 4 aromatic rings. The first kappa shape index (κ1) is 26.7. The minimum absolute atomic E-state index is 0.0541. The molecule has 0 N–H and O–H groups in total. The van der Waals surface area contributed by atoms with Crippen molar-refractivity contribution in [2.75, 3.05) is 19.6 Å². The van der Waals surface area contributed by atoms with Crippen LogP contribution in [0.3, 0.4) is 0 Å². The molecule has 212 valence electrons. The molecular weight excluding hydrogens is 530 g/mol. The third-order valence-electron chi connectivity index (χ3n) is 10.2. The van der Waals surface area contributed by atoms with E-state index in [1.54, 1.807) is 18.3 Å². The van der Waals surface area contributed by atoms with E-state index in [4.69, 9.17) is 16.6 Å². The lowest BCUT2D eigenvalue weighted by atomic mass is 9.70. The third-order valence-corrected chi connectivity index (χ3v) is 10.4. The Morgan fingerprint density at radius 1 is 0.951 bits per heavy atom. The van der Waals surface area contributed by atoms with Gasteiger partial charge in [-0.2, -0.15) is 0 Å². The van der Waals surface area contributed by atoms with Gasteiger partial charge < -0.3 is 9.47 Å². The van der Waals surface area contributed by atoms with E-state index < -0.39 is 0 Å². The summed E-state index contributed by atoms with van der Waals surface area (Å²) >= 11 is 6.08. The number of aromatic nitrogens is 3. The van der Waals surface area contributed by atoms with Gasteiger partial charge in [-0.15, -0.1) is 0 Å². The minimum atomic E-state index is 0.0541. The van der Waals surface area contributed by atoms with E-state index in [2.05, 4.69) is 76.0 Å². The smallest absolute Gasteiger partial charge is 0.254 e. The summed E-state index contributed by atoms with van der Waals surface area (Å²) in [6, 6.07) is 24.9. The number of benzene rings is 2. The van der Waals surface area contributed by atoms with E-state index in [1.807, 2.05) is 4.90 Å². The average Bonchev–Trinajstić information content (AvgIpc) is 3.46. The molecule has 5 heterocycles. The summed E-state index contributed by atoms with van der Waals surface area (Å²) in [7, 11) is 0. The molecule has 3 aliphatic rings. The molecule has 2 aromatic carbocycles. The second-order valence-corrected chi connectivity index (χ2v) is 12.7. The molecule has 0 radical (unpaired) electrons. The number of carbonyl (C=O) groups excluding carboxylic acids is 1. The highest BCUT2D eigenvalue weighted by Crippen LogP contribution is 2.45. The van der Waals surface area contributed by atoms with Crippen LogP contribution in [0.5, 0.6) is 0 Å². The van der Waals surface area contributed by atoms with Crippen molar-refractivity contribution < 1.29 is 4.79 Å². The van der Waals surface area contributed by atoms with Crippen molar-refractivity contribution in [2.45, 2.75) is 75.4 Å². The predicted molar refractivity (Wildman–Crippen MR) is 163 cm³/mol. The Hall–Kier alpha value is -3.22. The number of imidazole rings is 1. The van der Waals surface area contributed by atoms with Crippen LogP contribution in [-0.2, 0) is 5.41 Å². The first-order valence-electron chi connectivity index (χ1n) is 15.2. The van der Waals surface area contributed by atoms with Crippen LogP contribution in [0.1, 0.15) is 72.7 Å². The lowest BCUT2D eigenvalue weighted by molar-refractivity contribution is 0.0607. The van der Waals surface area contributed by atoms with E-state index in [0.717, 1.165) is 50.2 Å². The van der Waals surface area contributed by atoms with Crippen molar-refractivity contribution in [3.05, 3.63) is 95.0 Å². The van der Waals surface area contributed by atoms with Crippen LogP contribution < -0.4 is 0 Å². The molecule has 3 atom stereocenters. The van der Waals surface area contributed by atoms with Gasteiger partial charge in [-0.1, -0.05) is 54.1 Å². The minimum Gasteiger partial charge on any atom is -0.339 e. The molecule has 7 heteroatoms. The Labute approximate surface area is 247 Å². The Morgan fingerprint density at radius 3 is 2.39 bits per heavy atom. The molecule has 0 spiro atoms. The summed E-state index contributed by atoms with van der Waals surface area (Å²) < 4.78 is 2.52. The van der Waals surface area contributed by atoms with Gasteiger partial charge in [0.2, 0.25) is 0 Å². The summed E-state index contributed by atoms with van der Waals surface area (Å²) in [6.07, 6.45) is 9.69. The monoisotopic (exact) mass is 567 g/mol. The average molecular weight is 568 g/mol. The first-order valence-corrected chi connectivity index (χ1v) is 15.5. The summed E-state index contributed by atoms with van der Waals surface area (Å²) in [5, 5.41) is 0.362. The highest BCUT2D eigenvalue weighted by Gasteiger charge is 2.44. The van der Waals surface area contributed by atoms with Gasteiger partial charge in [-0.25, -0.2) is 9.97 Å². The number of amides is 1. The number of halogens is 1. The Kier molecular flexibility index (Phi) is 7.08. The van der Waals surface area contributed by atoms with E-state index in [1.165, 1.54) is 36.8 Å². The van der Waals surface area contributed by atoms with E-state index in [9.17, 15) is 4.79 Å². The molecule has 2 aromatic heterocycles. The summed E-state index contributed by atoms with van der Waals surface area (Å²) in [5.41, 5.74) is 4.52. The standard InChI is InChI=1S/C34H38ClN5O/c1-24-37-30-9-5-6-10-31(30)40(24)29-22-27-11-12-28(23-29)39(27)20-16-34(26-7-3-2-4-8-26)14-18-38(19-15-34)33(41)25-13-17-36-32(35)21-25/h2-10,13,17,21,27-29H,11-12,14-16,18-20,22-23H2,1H3/t27-,28+,29?. The molecule has 3 aliphatic heterocycles. The molecule has 2 bridgehead atoms. The first-order chi connectivity index (χ1) is 20.0. The molecule has 3 saturated heterocycles. The Balaban J connectivity index is 1.06. The van der Waals surface area contributed by atoms with Gasteiger partial charge in [-0.3, -0.25) is 9.69 Å². The van der Waals surface area contributed by atoms with Crippen LogP contribution in [-0.4, -0.2) is 62.0 Å². The van der Waals surface area contributed by atoms with Crippen molar-refractivity contribution in [2.24, 2.45) is 0 Å². The Bertz CT molecular complexity index is 1530. The van der Waals surface area contributed by atoms with Gasteiger partial charge in [0, 0.05) is 43.0 Å². The number of para-hydroxylation sites is 2. The van der Waals surface area contributed by atoms with E-state index in [0.29, 0.717) is 28.8 Å². The van der Waals surface area contributed by atoms with Crippen molar-refractivity contribution in [1.29, 1.82) is 0 Å². The van der Waals surface area contributed by atoms with Gasteiger partial charge in [0.1, 0.15) is 11.0 Å². The van der Waals surface area contributed by atoms with Crippen LogP contribution in [0, 0.1) is 6.92 Å². The van der Waals surface area contributed by atoms with Crippen LogP contribution in [0.15, 0.2) is 72.9 Å². The number of hydrogen-bond acceptors (Lipinski definition) is 4. The Morgan fingerprint density at radius 2 is 1.66 bits per heavy atom. The molecule has 1 unspecified atom stereocenters. The number of aryl methyl sites for hydroxylation is 1. The molecule has 3 fully saturated rings. The van der Waals surface area contributed by atoms with Crippen LogP contribution >= 0.6 is 11.6 Å².